The number of phenols is 1. The third-order valence-electron chi connectivity index (χ3n) is 2.92. The lowest BCUT2D eigenvalue weighted by Gasteiger charge is -1.96. The number of fused-ring (bicyclic) bond motifs is 1. The highest BCUT2D eigenvalue weighted by Gasteiger charge is 2.21. The predicted molar refractivity (Wildman–Crippen MR) is 67.3 cm³/mol. The highest BCUT2D eigenvalue weighted by atomic mass is 16.4. The van der Waals surface area contributed by atoms with Crippen molar-refractivity contribution in [2.45, 2.75) is 13.8 Å². The van der Waals surface area contributed by atoms with Crippen LogP contribution >= 0.6 is 0 Å². The van der Waals surface area contributed by atoms with E-state index in [0.29, 0.717) is 28.2 Å². The molecule has 0 saturated heterocycles. The highest BCUT2D eigenvalue weighted by molar-refractivity contribution is 6.15. The minimum Gasteiger partial charge on any atom is -0.508 e. The summed E-state index contributed by atoms with van der Waals surface area (Å²) in [5, 5.41) is 10.1. The highest BCUT2D eigenvalue weighted by Crippen LogP contribution is 2.27. The number of hydrogen-bond acceptors (Lipinski definition) is 5. The van der Waals surface area contributed by atoms with Crippen LogP contribution in [-0.4, -0.2) is 15.9 Å². The van der Waals surface area contributed by atoms with Gasteiger partial charge in [0.25, 0.3) is 0 Å². The number of carbonyl (C=O) groups is 1. The summed E-state index contributed by atoms with van der Waals surface area (Å²) in [5.41, 5.74) is 1.17. The number of aryl methyl sites for hydroxylation is 2. The number of oxazole rings is 1. The van der Waals surface area contributed by atoms with E-state index in [9.17, 15) is 9.90 Å². The molecule has 0 bridgehead atoms. The number of aromatic nitrogens is 1. The molecule has 0 saturated carbocycles. The standard InChI is InChI=1S/C14H11NO4/c1-7-13(15-8(2)19-7)14(17)11-6-18-12-4-3-9(16)5-10(11)12/h3-6,16H,1-2H3. The largest absolute Gasteiger partial charge is 0.508 e. The van der Waals surface area contributed by atoms with Crippen molar-refractivity contribution >= 4 is 16.8 Å². The average molecular weight is 257 g/mol. The average Bonchev–Trinajstić information content (AvgIpc) is 2.91. The molecule has 19 heavy (non-hydrogen) atoms. The summed E-state index contributed by atoms with van der Waals surface area (Å²) in [6.07, 6.45) is 1.37. The maximum Gasteiger partial charge on any atom is 0.218 e. The van der Waals surface area contributed by atoms with Crippen molar-refractivity contribution in [2.24, 2.45) is 0 Å². The van der Waals surface area contributed by atoms with Crippen LogP contribution in [0.1, 0.15) is 27.7 Å². The molecule has 2 aromatic heterocycles. The minimum atomic E-state index is -0.279. The number of nitrogens with zero attached hydrogens (tertiary/aromatic N) is 1. The SMILES string of the molecule is Cc1nc(C(=O)c2coc3ccc(O)cc23)c(C)o1. The van der Waals surface area contributed by atoms with E-state index in [-0.39, 0.29) is 17.2 Å². The molecular formula is C14H11NO4. The fourth-order valence-electron chi connectivity index (χ4n) is 2.06. The summed E-state index contributed by atoms with van der Waals surface area (Å²) < 4.78 is 10.6. The molecule has 5 heteroatoms. The molecule has 3 aromatic rings. The molecule has 1 N–H and O–H groups in total. The van der Waals surface area contributed by atoms with E-state index in [1.54, 1.807) is 19.9 Å². The van der Waals surface area contributed by atoms with E-state index in [0.717, 1.165) is 0 Å². The lowest BCUT2D eigenvalue weighted by molar-refractivity contribution is 0.103. The molecule has 1 aromatic carbocycles. The summed E-state index contributed by atoms with van der Waals surface area (Å²) in [5.74, 6) is 0.711. The Balaban J connectivity index is 2.16. The molecule has 0 aliphatic carbocycles. The first-order chi connectivity index (χ1) is 9.06. The molecular weight excluding hydrogens is 246 g/mol. The maximum atomic E-state index is 12.4. The number of benzene rings is 1. The maximum absolute atomic E-state index is 12.4. The monoisotopic (exact) mass is 257 g/mol. The van der Waals surface area contributed by atoms with Gasteiger partial charge in [-0.05, 0) is 25.1 Å². The van der Waals surface area contributed by atoms with Gasteiger partial charge in [0.1, 0.15) is 23.4 Å². The zero-order chi connectivity index (χ0) is 13.6. The Bertz CT molecular complexity index is 782. The smallest absolute Gasteiger partial charge is 0.218 e. The number of phenolic OH excluding ortho intramolecular Hbond substituents is 1. The van der Waals surface area contributed by atoms with E-state index in [1.165, 1.54) is 18.4 Å². The van der Waals surface area contributed by atoms with Crippen LogP contribution in [0.2, 0.25) is 0 Å². The van der Waals surface area contributed by atoms with Crippen molar-refractivity contribution in [2.75, 3.05) is 0 Å². The van der Waals surface area contributed by atoms with Gasteiger partial charge >= 0.3 is 0 Å². The van der Waals surface area contributed by atoms with E-state index >= 15 is 0 Å². The van der Waals surface area contributed by atoms with E-state index in [2.05, 4.69) is 4.98 Å². The number of carbonyl (C=O) groups excluding carboxylic acids is 1. The van der Waals surface area contributed by atoms with Gasteiger partial charge in [-0.25, -0.2) is 4.98 Å². The third-order valence-corrected chi connectivity index (χ3v) is 2.92. The van der Waals surface area contributed by atoms with Gasteiger partial charge in [0, 0.05) is 12.3 Å². The summed E-state index contributed by atoms with van der Waals surface area (Å²) >= 11 is 0. The lowest BCUT2D eigenvalue weighted by atomic mass is 10.1. The topological polar surface area (TPSA) is 76.5 Å². The Kier molecular flexibility index (Phi) is 2.41. The first kappa shape index (κ1) is 11.5. The Hall–Kier alpha value is -2.56. The number of hydrogen-bond donors (Lipinski definition) is 1. The minimum absolute atomic E-state index is 0.0796. The first-order valence-corrected chi connectivity index (χ1v) is 5.75. The lowest BCUT2D eigenvalue weighted by Crippen LogP contribution is -2.02. The second-order valence-corrected chi connectivity index (χ2v) is 4.30. The Labute approximate surface area is 108 Å². The number of aromatic hydroxyl groups is 1. The number of furan rings is 1. The molecule has 0 aliphatic rings. The van der Waals surface area contributed by atoms with Gasteiger partial charge in [-0.3, -0.25) is 4.79 Å². The van der Waals surface area contributed by atoms with Crippen LogP contribution in [0.15, 0.2) is 33.3 Å². The molecule has 0 radical (unpaired) electrons. The van der Waals surface area contributed by atoms with E-state index < -0.39 is 0 Å². The van der Waals surface area contributed by atoms with E-state index in [1.807, 2.05) is 0 Å². The van der Waals surface area contributed by atoms with E-state index in [4.69, 9.17) is 8.83 Å². The van der Waals surface area contributed by atoms with Crippen LogP contribution < -0.4 is 0 Å². The van der Waals surface area contributed by atoms with Crippen molar-refractivity contribution in [3.63, 3.8) is 0 Å². The van der Waals surface area contributed by atoms with Gasteiger partial charge < -0.3 is 13.9 Å². The molecule has 0 aliphatic heterocycles. The summed E-state index contributed by atoms with van der Waals surface area (Å²) in [7, 11) is 0. The van der Waals surface area contributed by atoms with Crippen LogP contribution in [0, 0.1) is 13.8 Å². The second-order valence-electron chi connectivity index (χ2n) is 4.30. The molecule has 5 nitrogen and oxygen atoms in total. The van der Waals surface area contributed by atoms with Crippen molar-refractivity contribution in [3.8, 4) is 5.75 Å². The second kappa shape index (κ2) is 3.98. The zero-order valence-corrected chi connectivity index (χ0v) is 10.4. The fourth-order valence-corrected chi connectivity index (χ4v) is 2.06. The Morgan fingerprint density at radius 1 is 1.32 bits per heavy atom. The first-order valence-electron chi connectivity index (χ1n) is 5.75. The summed E-state index contributed by atoms with van der Waals surface area (Å²) in [4.78, 5) is 16.5. The van der Waals surface area contributed by atoms with Crippen molar-refractivity contribution in [3.05, 3.63) is 47.4 Å². The van der Waals surface area contributed by atoms with Crippen LogP contribution in [0.4, 0.5) is 0 Å². The summed E-state index contributed by atoms with van der Waals surface area (Å²) in [6, 6.07) is 4.61. The number of rotatable bonds is 2. The van der Waals surface area contributed by atoms with Crippen molar-refractivity contribution < 1.29 is 18.7 Å². The quantitative estimate of drug-likeness (QED) is 0.714. The normalized spacial score (nSPS) is 11.1. The molecule has 2 heterocycles. The molecule has 0 atom stereocenters. The molecule has 0 amide bonds. The Morgan fingerprint density at radius 3 is 2.79 bits per heavy atom. The van der Waals surface area contributed by atoms with Crippen LogP contribution in [0.5, 0.6) is 5.75 Å². The van der Waals surface area contributed by atoms with Gasteiger partial charge in [-0.2, -0.15) is 0 Å². The zero-order valence-electron chi connectivity index (χ0n) is 10.4. The Morgan fingerprint density at radius 2 is 2.11 bits per heavy atom. The van der Waals surface area contributed by atoms with Gasteiger partial charge in [0.05, 0.1) is 5.56 Å². The molecule has 0 spiro atoms. The predicted octanol–water partition coefficient (Wildman–Crippen LogP) is 2.97. The van der Waals surface area contributed by atoms with Crippen LogP contribution in [0.25, 0.3) is 11.0 Å². The fraction of sp³-hybridized carbons (Fsp3) is 0.143. The number of ketones is 1. The third kappa shape index (κ3) is 1.79. The molecule has 0 unspecified atom stereocenters. The molecule has 96 valence electrons. The van der Waals surface area contributed by atoms with Gasteiger partial charge in [-0.15, -0.1) is 0 Å². The van der Waals surface area contributed by atoms with Gasteiger partial charge in [0.2, 0.25) is 5.78 Å². The van der Waals surface area contributed by atoms with Gasteiger partial charge in [-0.1, -0.05) is 0 Å². The summed E-state index contributed by atoms with van der Waals surface area (Å²) in [6.45, 7) is 3.37. The van der Waals surface area contributed by atoms with Crippen molar-refractivity contribution in [1.29, 1.82) is 0 Å². The van der Waals surface area contributed by atoms with Crippen LogP contribution in [0.3, 0.4) is 0 Å². The van der Waals surface area contributed by atoms with Gasteiger partial charge in [0.15, 0.2) is 11.6 Å². The molecule has 0 fully saturated rings. The molecule has 3 rings (SSSR count). The van der Waals surface area contributed by atoms with Crippen molar-refractivity contribution in [1.82, 2.24) is 4.98 Å². The van der Waals surface area contributed by atoms with Crippen LogP contribution in [-0.2, 0) is 0 Å².